The lowest BCUT2D eigenvalue weighted by atomic mass is 10.1. The Morgan fingerprint density at radius 2 is 1.89 bits per heavy atom. The second-order valence-electron chi connectivity index (χ2n) is 6.42. The molecule has 0 unspecified atom stereocenters. The minimum absolute atomic E-state index is 0.143. The van der Waals surface area contributed by atoms with Crippen molar-refractivity contribution in [3.63, 3.8) is 0 Å². The normalized spacial score (nSPS) is 14.0. The smallest absolute Gasteiger partial charge is 0.322 e. The molecule has 142 valence electrons. The Hall–Kier alpha value is -3.55. The van der Waals surface area contributed by atoms with E-state index in [1.54, 1.807) is 35.5 Å². The molecule has 0 bridgehead atoms. The number of urea groups is 1. The lowest BCUT2D eigenvalue weighted by Gasteiger charge is -2.35. The number of piperazine rings is 1. The van der Waals surface area contributed by atoms with E-state index in [-0.39, 0.29) is 11.8 Å². The Balaban J connectivity index is 1.40. The van der Waals surface area contributed by atoms with Crippen molar-refractivity contribution in [2.45, 2.75) is 0 Å². The van der Waals surface area contributed by atoms with Crippen LogP contribution in [-0.4, -0.2) is 52.1 Å². The number of nitrogens with one attached hydrogen (secondary N) is 1. The first kappa shape index (κ1) is 17.8. The Morgan fingerprint density at radius 1 is 1.04 bits per heavy atom. The molecule has 2 amide bonds. The second kappa shape index (κ2) is 7.99. The highest BCUT2D eigenvalue weighted by Crippen LogP contribution is 2.22. The van der Waals surface area contributed by atoms with Crippen molar-refractivity contribution in [2.75, 3.05) is 36.4 Å². The molecule has 2 aromatic heterocycles. The van der Waals surface area contributed by atoms with Gasteiger partial charge in [-0.2, -0.15) is 0 Å². The van der Waals surface area contributed by atoms with Gasteiger partial charge in [0.25, 0.3) is 0 Å². The van der Waals surface area contributed by atoms with Gasteiger partial charge in [0.05, 0.1) is 17.6 Å². The van der Waals surface area contributed by atoms with Gasteiger partial charge in [0.2, 0.25) is 0 Å². The summed E-state index contributed by atoms with van der Waals surface area (Å²) in [5.41, 5.74) is 2.05. The molecule has 7 nitrogen and oxygen atoms in total. The fourth-order valence-electron chi connectivity index (χ4n) is 3.10. The van der Waals surface area contributed by atoms with Crippen LogP contribution < -0.4 is 10.2 Å². The number of aromatic nitrogens is 3. The summed E-state index contributed by atoms with van der Waals surface area (Å²) in [6.45, 7) is 2.46. The van der Waals surface area contributed by atoms with Gasteiger partial charge in [-0.05, 0) is 24.3 Å². The van der Waals surface area contributed by atoms with E-state index in [9.17, 15) is 9.18 Å². The van der Waals surface area contributed by atoms with Gasteiger partial charge in [-0.1, -0.05) is 12.1 Å². The molecule has 3 heterocycles. The van der Waals surface area contributed by atoms with Gasteiger partial charge >= 0.3 is 6.03 Å². The number of anilines is 2. The van der Waals surface area contributed by atoms with Crippen LogP contribution in [0, 0.1) is 5.82 Å². The molecule has 1 saturated heterocycles. The summed E-state index contributed by atoms with van der Waals surface area (Å²) in [6, 6.07) is 11.6. The quantitative estimate of drug-likeness (QED) is 0.758. The number of pyridine rings is 1. The standard InChI is InChI=1S/C20H19FN6O/c21-16-4-1-3-15(11-16)18-12-19(24-14-23-18)26-7-9-27(10-8-26)20(28)25-17-5-2-6-22-13-17/h1-6,11-14H,7-10H2,(H,25,28). The van der Waals surface area contributed by atoms with Gasteiger partial charge in [-0.15, -0.1) is 0 Å². The summed E-state index contributed by atoms with van der Waals surface area (Å²) in [4.78, 5) is 28.8. The van der Waals surface area contributed by atoms with Crippen LogP contribution in [0.2, 0.25) is 0 Å². The molecular formula is C20H19FN6O. The average Bonchev–Trinajstić information content (AvgIpc) is 2.75. The van der Waals surface area contributed by atoms with Gasteiger partial charge in [0.15, 0.2) is 0 Å². The van der Waals surface area contributed by atoms with Crippen LogP contribution in [-0.2, 0) is 0 Å². The van der Waals surface area contributed by atoms with E-state index in [0.717, 1.165) is 5.82 Å². The van der Waals surface area contributed by atoms with Crippen molar-refractivity contribution in [2.24, 2.45) is 0 Å². The summed E-state index contributed by atoms with van der Waals surface area (Å²) in [5, 5.41) is 2.85. The highest BCUT2D eigenvalue weighted by molar-refractivity contribution is 5.89. The molecule has 28 heavy (non-hydrogen) atoms. The van der Waals surface area contributed by atoms with Crippen molar-refractivity contribution in [1.82, 2.24) is 19.9 Å². The molecule has 8 heteroatoms. The molecule has 1 N–H and O–H groups in total. The number of hydrogen-bond acceptors (Lipinski definition) is 5. The van der Waals surface area contributed by atoms with Gasteiger partial charge in [-0.3, -0.25) is 4.98 Å². The van der Waals surface area contributed by atoms with Crippen LogP contribution in [0.15, 0.2) is 61.2 Å². The topological polar surface area (TPSA) is 74.2 Å². The number of nitrogens with zero attached hydrogens (tertiary/aromatic N) is 5. The molecular weight excluding hydrogens is 359 g/mol. The van der Waals surface area contributed by atoms with Gasteiger partial charge in [0.1, 0.15) is 18.0 Å². The van der Waals surface area contributed by atoms with E-state index in [2.05, 4.69) is 25.2 Å². The fourth-order valence-corrected chi connectivity index (χ4v) is 3.10. The largest absolute Gasteiger partial charge is 0.353 e. The van der Waals surface area contributed by atoms with Crippen molar-refractivity contribution < 1.29 is 9.18 Å². The SMILES string of the molecule is O=C(Nc1cccnc1)N1CCN(c2cc(-c3cccc(F)c3)ncn2)CC1. The highest BCUT2D eigenvalue weighted by atomic mass is 19.1. The fraction of sp³-hybridized carbons (Fsp3) is 0.200. The van der Waals surface area contributed by atoms with Crippen molar-refractivity contribution in [3.8, 4) is 11.3 Å². The number of carbonyl (C=O) groups excluding carboxylic acids is 1. The van der Waals surface area contributed by atoms with Crippen LogP contribution in [0.1, 0.15) is 0 Å². The average molecular weight is 378 g/mol. The molecule has 1 fully saturated rings. The van der Waals surface area contributed by atoms with Crippen LogP contribution in [0.3, 0.4) is 0 Å². The Kier molecular flexibility index (Phi) is 5.09. The monoisotopic (exact) mass is 378 g/mol. The number of amides is 2. The van der Waals surface area contributed by atoms with E-state index in [1.807, 2.05) is 12.1 Å². The minimum atomic E-state index is -0.300. The first-order chi connectivity index (χ1) is 13.7. The third-order valence-corrected chi connectivity index (χ3v) is 4.58. The molecule has 4 rings (SSSR count). The molecule has 1 aliphatic heterocycles. The summed E-state index contributed by atoms with van der Waals surface area (Å²) in [7, 11) is 0. The first-order valence-electron chi connectivity index (χ1n) is 8.98. The Morgan fingerprint density at radius 3 is 2.64 bits per heavy atom. The van der Waals surface area contributed by atoms with E-state index < -0.39 is 0 Å². The summed E-state index contributed by atoms with van der Waals surface area (Å²) >= 11 is 0. The predicted octanol–water partition coefficient (Wildman–Crippen LogP) is 3.03. The van der Waals surface area contributed by atoms with Gasteiger partial charge in [-0.25, -0.2) is 19.2 Å². The van der Waals surface area contributed by atoms with Crippen LogP contribution >= 0.6 is 0 Å². The van der Waals surface area contributed by atoms with Crippen molar-refractivity contribution >= 4 is 17.5 Å². The van der Waals surface area contributed by atoms with Crippen molar-refractivity contribution in [3.05, 3.63) is 67.0 Å². The molecule has 0 radical (unpaired) electrons. The maximum atomic E-state index is 13.5. The zero-order valence-electron chi connectivity index (χ0n) is 15.1. The zero-order chi connectivity index (χ0) is 19.3. The van der Waals surface area contributed by atoms with E-state index in [0.29, 0.717) is 43.1 Å². The van der Waals surface area contributed by atoms with Crippen LogP contribution in [0.5, 0.6) is 0 Å². The predicted molar refractivity (Wildman–Crippen MR) is 104 cm³/mol. The van der Waals surface area contributed by atoms with E-state index in [1.165, 1.54) is 18.5 Å². The number of rotatable bonds is 3. The van der Waals surface area contributed by atoms with E-state index in [4.69, 9.17) is 0 Å². The first-order valence-corrected chi connectivity index (χ1v) is 8.98. The maximum absolute atomic E-state index is 13.5. The Labute approximate surface area is 161 Å². The number of carbonyl (C=O) groups is 1. The van der Waals surface area contributed by atoms with Crippen molar-refractivity contribution in [1.29, 1.82) is 0 Å². The molecule has 1 aromatic carbocycles. The summed E-state index contributed by atoms with van der Waals surface area (Å²) < 4.78 is 13.5. The molecule has 3 aromatic rings. The molecule has 1 aliphatic rings. The van der Waals surface area contributed by atoms with Crippen LogP contribution in [0.4, 0.5) is 20.7 Å². The lowest BCUT2D eigenvalue weighted by Crippen LogP contribution is -2.50. The molecule has 0 saturated carbocycles. The number of benzene rings is 1. The zero-order valence-corrected chi connectivity index (χ0v) is 15.1. The third-order valence-electron chi connectivity index (χ3n) is 4.58. The molecule has 0 atom stereocenters. The highest BCUT2D eigenvalue weighted by Gasteiger charge is 2.22. The number of hydrogen-bond donors (Lipinski definition) is 1. The van der Waals surface area contributed by atoms with Gasteiger partial charge < -0.3 is 15.1 Å². The Bertz CT molecular complexity index is 960. The summed E-state index contributed by atoms with van der Waals surface area (Å²) in [5.74, 6) is 0.465. The molecule has 0 spiro atoms. The maximum Gasteiger partial charge on any atom is 0.322 e. The van der Waals surface area contributed by atoms with Crippen LogP contribution in [0.25, 0.3) is 11.3 Å². The minimum Gasteiger partial charge on any atom is -0.353 e. The van der Waals surface area contributed by atoms with E-state index >= 15 is 0 Å². The number of halogens is 1. The lowest BCUT2D eigenvalue weighted by molar-refractivity contribution is 0.208. The second-order valence-corrected chi connectivity index (χ2v) is 6.42. The molecule has 0 aliphatic carbocycles. The summed E-state index contributed by atoms with van der Waals surface area (Å²) in [6.07, 6.45) is 4.76. The van der Waals surface area contributed by atoms with Gasteiger partial charge in [0, 0.05) is 44.0 Å². The third kappa shape index (κ3) is 4.06.